The molecule has 0 aliphatic carbocycles. The predicted octanol–water partition coefficient (Wildman–Crippen LogP) is 4.94. The maximum atomic E-state index is 2.32. The van der Waals surface area contributed by atoms with E-state index in [0.717, 1.165) is 11.8 Å². The molecular weight excluding hydrogens is 180 g/mol. The van der Waals surface area contributed by atoms with Gasteiger partial charge in [-0.2, -0.15) is 0 Å². The van der Waals surface area contributed by atoms with Gasteiger partial charge >= 0.3 is 0 Å². The third-order valence-electron chi connectivity index (χ3n) is 2.81. The number of benzene rings is 1. The molecule has 1 aromatic rings. The van der Waals surface area contributed by atoms with E-state index in [1.165, 1.54) is 18.4 Å². The van der Waals surface area contributed by atoms with E-state index in [1.54, 1.807) is 0 Å². The molecule has 0 aromatic heterocycles. The Labute approximate surface area is 95.7 Å². The quantitative estimate of drug-likeness (QED) is 0.654. The Bertz CT molecular complexity index is 223. The van der Waals surface area contributed by atoms with E-state index in [0.29, 0.717) is 0 Å². The van der Waals surface area contributed by atoms with Gasteiger partial charge in [-0.25, -0.2) is 0 Å². The molecule has 0 bridgehead atoms. The summed E-state index contributed by atoms with van der Waals surface area (Å²) in [7, 11) is 0. The third kappa shape index (κ3) is 5.61. The topological polar surface area (TPSA) is 0 Å². The molecule has 0 amide bonds. The van der Waals surface area contributed by atoms with E-state index < -0.39 is 0 Å². The summed E-state index contributed by atoms with van der Waals surface area (Å²) in [6, 6.07) is 10.8. The van der Waals surface area contributed by atoms with E-state index in [1.807, 2.05) is 13.8 Å². The van der Waals surface area contributed by atoms with Crippen LogP contribution < -0.4 is 0 Å². The molecule has 0 nitrogen and oxygen atoms in total. The molecule has 0 spiro atoms. The summed E-state index contributed by atoms with van der Waals surface area (Å²) in [6.07, 6.45) is 2.52. The zero-order valence-electron chi connectivity index (χ0n) is 11.0. The first-order valence-corrected chi connectivity index (χ1v) is 6.28. The molecule has 0 aliphatic rings. The van der Waals surface area contributed by atoms with Gasteiger partial charge in [-0.05, 0) is 23.8 Å². The highest BCUT2D eigenvalue weighted by Gasteiger charge is 2.10. The Hall–Kier alpha value is -0.780. The van der Waals surface area contributed by atoms with Crippen LogP contribution in [-0.2, 0) is 6.42 Å². The zero-order chi connectivity index (χ0) is 11.7. The van der Waals surface area contributed by atoms with E-state index in [9.17, 15) is 0 Å². The second kappa shape index (κ2) is 8.52. The Kier molecular flexibility index (Phi) is 8.08. The Morgan fingerprint density at radius 1 is 1.00 bits per heavy atom. The predicted molar refractivity (Wildman–Crippen MR) is 70.1 cm³/mol. The largest absolute Gasteiger partial charge is 0.0683 e. The smallest absolute Gasteiger partial charge is 0.0248 e. The molecule has 0 aliphatic heterocycles. The molecular formula is C15H26. The van der Waals surface area contributed by atoms with Crippen LogP contribution in [0.2, 0.25) is 0 Å². The van der Waals surface area contributed by atoms with Crippen molar-refractivity contribution in [2.75, 3.05) is 0 Å². The first-order chi connectivity index (χ1) is 7.24. The maximum Gasteiger partial charge on any atom is -0.0248 e. The average Bonchev–Trinajstić information content (AvgIpc) is 2.29. The van der Waals surface area contributed by atoms with Crippen molar-refractivity contribution in [3.8, 4) is 0 Å². The summed E-state index contributed by atoms with van der Waals surface area (Å²) in [5, 5.41) is 0. The second-order valence-electron chi connectivity index (χ2n) is 4.10. The van der Waals surface area contributed by atoms with Crippen LogP contribution in [0.25, 0.3) is 0 Å². The van der Waals surface area contributed by atoms with Gasteiger partial charge in [-0.15, -0.1) is 0 Å². The van der Waals surface area contributed by atoms with Crippen molar-refractivity contribution in [2.45, 2.75) is 47.5 Å². The average molecular weight is 206 g/mol. The molecule has 15 heavy (non-hydrogen) atoms. The summed E-state index contributed by atoms with van der Waals surface area (Å²) < 4.78 is 0. The number of hydrogen-bond acceptors (Lipinski definition) is 0. The molecule has 0 saturated heterocycles. The SMILES string of the molecule is CC.CCC(Cc1ccccc1)C(C)C. The molecule has 1 unspecified atom stereocenters. The fourth-order valence-corrected chi connectivity index (χ4v) is 1.77. The van der Waals surface area contributed by atoms with E-state index in [-0.39, 0.29) is 0 Å². The van der Waals surface area contributed by atoms with Crippen molar-refractivity contribution in [3.05, 3.63) is 35.9 Å². The fraction of sp³-hybridized carbons (Fsp3) is 0.600. The normalized spacial score (nSPS) is 11.9. The lowest BCUT2D eigenvalue weighted by Gasteiger charge is -2.18. The van der Waals surface area contributed by atoms with Crippen LogP contribution in [0.3, 0.4) is 0 Å². The van der Waals surface area contributed by atoms with Crippen molar-refractivity contribution in [1.82, 2.24) is 0 Å². The van der Waals surface area contributed by atoms with E-state index in [2.05, 4.69) is 51.1 Å². The Morgan fingerprint density at radius 2 is 1.53 bits per heavy atom. The van der Waals surface area contributed by atoms with Crippen LogP contribution in [0.5, 0.6) is 0 Å². The molecule has 1 atom stereocenters. The summed E-state index contributed by atoms with van der Waals surface area (Å²) in [5.41, 5.74) is 1.48. The lowest BCUT2D eigenvalue weighted by Crippen LogP contribution is -2.10. The van der Waals surface area contributed by atoms with Crippen LogP contribution >= 0.6 is 0 Å². The van der Waals surface area contributed by atoms with Crippen molar-refractivity contribution in [3.63, 3.8) is 0 Å². The minimum atomic E-state index is 0.796. The van der Waals surface area contributed by atoms with Gasteiger partial charge in [0.05, 0.1) is 0 Å². The first kappa shape index (κ1) is 14.2. The monoisotopic (exact) mass is 206 g/mol. The van der Waals surface area contributed by atoms with E-state index >= 15 is 0 Å². The lowest BCUT2D eigenvalue weighted by molar-refractivity contribution is 0.371. The third-order valence-corrected chi connectivity index (χ3v) is 2.81. The van der Waals surface area contributed by atoms with Gasteiger partial charge in [0.15, 0.2) is 0 Å². The van der Waals surface area contributed by atoms with Crippen LogP contribution in [0.1, 0.15) is 46.6 Å². The second-order valence-corrected chi connectivity index (χ2v) is 4.10. The fourth-order valence-electron chi connectivity index (χ4n) is 1.77. The van der Waals surface area contributed by atoms with Crippen molar-refractivity contribution < 1.29 is 0 Å². The van der Waals surface area contributed by atoms with Crippen molar-refractivity contribution in [2.24, 2.45) is 11.8 Å². The van der Waals surface area contributed by atoms with Gasteiger partial charge in [0.2, 0.25) is 0 Å². The lowest BCUT2D eigenvalue weighted by atomic mass is 9.87. The number of rotatable bonds is 4. The van der Waals surface area contributed by atoms with Gasteiger partial charge in [-0.1, -0.05) is 71.4 Å². The van der Waals surface area contributed by atoms with Gasteiger partial charge in [0.1, 0.15) is 0 Å². The van der Waals surface area contributed by atoms with Crippen molar-refractivity contribution >= 4 is 0 Å². The van der Waals surface area contributed by atoms with Gasteiger partial charge in [0, 0.05) is 0 Å². The summed E-state index contributed by atoms with van der Waals surface area (Å²) >= 11 is 0. The molecule has 0 N–H and O–H groups in total. The minimum absolute atomic E-state index is 0.796. The molecule has 0 fully saturated rings. The molecule has 0 saturated carbocycles. The van der Waals surface area contributed by atoms with Crippen LogP contribution in [-0.4, -0.2) is 0 Å². The van der Waals surface area contributed by atoms with E-state index in [4.69, 9.17) is 0 Å². The molecule has 86 valence electrons. The zero-order valence-corrected chi connectivity index (χ0v) is 11.0. The summed E-state index contributed by atoms with van der Waals surface area (Å²) in [4.78, 5) is 0. The highest BCUT2D eigenvalue weighted by molar-refractivity contribution is 5.15. The van der Waals surface area contributed by atoms with Gasteiger partial charge in [-0.3, -0.25) is 0 Å². The van der Waals surface area contributed by atoms with Crippen LogP contribution in [0, 0.1) is 11.8 Å². The van der Waals surface area contributed by atoms with Crippen LogP contribution in [0.15, 0.2) is 30.3 Å². The Morgan fingerprint density at radius 3 is 1.93 bits per heavy atom. The standard InChI is InChI=1S/C13H20.C2H6/c1-4-13(11(2)3)10-12-8-6-5-7-9-12;1-2/h5-9,11,13H,4,10H2,1-3H3;1-2H3. The molecule has 0 heterocycles. The van der Waals surface area contributed by atoms with Crippen molar-refractivity contribution in [1.29, 1.82) is 0 Å². The van der Waals surface area contributed by atoms with Gasteiger partial charge < -0.3 is 0 Å². The minimum Gasteiger partial charge on any atom is -0.0683 e. The molecule has 0 heteroatoms. The summed E-state index contributed by atoms with van der Waals surface area (Å²) in [5.74, 6) is 1.63. The molecule has 0 radical (unpaired) electrons. The highest BCUT2D eigenvalue weighted by atomic mass is 14.2. The molecule has 1 rings (SSSR count). The summed E-state index contributed by atoms with van der Waals surface area (Å²) in [6.45, 7) is 10.9. The maximum absolute atomic E-state index is 2.32. The Balaban J connectivity index is 0.000000921. The highest BCUT2D eigenvalue weighted by Crippen LogP contribution is 2.19. The first-order valence-electron chi connectivity index (χ1n) is 6.28. The molecule has 1 aromatic carbocycles. The van der Waals surface area contributed by atoms with Gasteiger partial charge in [0.25, 0.3) is 0 Å². The number of hydrogen-bond donors (Lipinski definition) is 0. The van der Waals surface area contributed by atoms with Crippen LogP contribution in [0.4, 0.5) is 0 Å².